The summed E-state index contributed by atoms with van der Waals surface area (Å²) in [4.78, 5) is 10.1. The molecule has 1 atom stereocenters. The second-order valence-corrected chi connectivity index (χ2v) is 3.56. The Kier molecular flexibility index (Phi) is 3.64. The summed E-state index contributed by atoms with van der Waals surface area (Å²) in [5.74, 6) is 0. The molecule has 0 heterocycles. The molecule has 1 unspecified atom stereocenters. The van der Waals surface area contributed by atoms with Crippen molar-refractivity contribution in [1.82, 2.24) is 0 Å². The van der Waals surface area contributed by atoms with E-state index in [0.29, 0.717) is 0 Å². The van der Waals surface area contributed by atoms with Gasteiger partial charge in [0, 0.05) is 0 Å². The van der Waals surface area contributed by atoms with Crippen LogP contribution in [0.25, 0.3) is 0 Å². The highest BCUT2D eigenvalue weighted by Gasteiger charge is 2.08. The Labute approximate surface area is 80.9 Å². The molecule has 13 heavy (non-hydrogen) atoms. The van der Waals surface area contributed by atoms with Gasteiger partial charge in [-0.3, -0.25) is 0 Å². The second kappa shape index (κ2) is 4.77. The molecule has 3 nitrogen and oxygen atoms in total. The highest BCUT2D eigenvalue weighted by molar-refractivity contribution is 7.95. The summed E-state index contributed by atoms with van der Waals surface area (Å²) in [6, 6.07) is 9.60. The standard InChI is InChI=1S/C9H10O3S/c1-7(13-12-9(10)11)8-5-3-2-4-6-8/h2-7H,1H3,(H,10,11). The molecule has 0 saturated heterocycles. The number of carbonyl (C=O) groups is 1. The molecule has 1 N–H and O–H groups in total. The van der Waals surface area contributed by atoms with Gasteiger partial charge in [0.05, 0.1) is 17.3 Å². The fraction of sp³-hybridized carbons (Fsp3) is 0.222. The van der Waals surface area contributed by atoms with Crippen molar-refractivity contribution in [2.24, 2.45) is 0 Å². The summed E-state index contributed by atoms with van der Waals surface area (Å²) < 4.78 is 4.39. The normalized spacial score (nSPS) is 12.1. The van der Waals surface area contributed by atoms with Crippen LogP contribution in [-0.2, 0) is 4.18 Å². The van der Waals surface area contributed by atoms with Gasteiger partial charge in [-0.05, 0) is 12.5 Å². The Morgan fingerprint density at radius 1 is 1.46 bits per heavy atom. The van der Waals surface area contributed by atoms with Gasteiger partial charge in [0.15, 0.2) is 0 Å². The van der Waals surface area contributed by atoms with Crippen molar-refractivity contribution >= 4 is 18.2 Å². The predicted octanol–water partition coefficient (Wildman–Crippen LogP) is 3.09. The molecular weight excluding hydrogens is 188 g/mol. The van der Waals surface area contributed by atoms with Gasteiger partial charge in [0.25, 0.3) is 0 Å². The van der Waals surface area contributed by atoms with Gasteiger partial charge in [0.1, 0.15) is 0 Å². The van der Waals surface area contributed by atoms with E-state index in [4.69, 9.17) is 5.11 Å². The van der Waals surface area contributed by atoms with Crippen molar-refractivity contribution in [2.45, 2.75) is 12.2 Å². The summed E-state index contributed by atoms with van der Waals surface area (Å²) in [7, 11) is 0. The van der Waals surface area contributed by atoms with Crippen LogP contribution < -0.4 is 0 Å². The summed E-state index contributed by atoms with van der Waals surface area (Å²) in [6.07, 6.45) is -1.26. The lowest BCUT2D eigenvalue weighted by Crippen LogP contribution is -1.95. The van der Waals surface area contributed by atoms with Gasteiger partial charge in [-0.2, -0.15) is 0 Å². The van der Waals surface area contributed by atoms with Crippen molar-refractivity contribution in [3.63, 3.8) is 0 Å². The van der Waals surface area contributed by atoms with E-state index in [9.17, 15) is 4.79 Å². The minimum absolute atomic E-state index is 0.0253. The smallest absolute Gasteiger partial charge is 0.449 e. The predicted molar refractivity (Wildman–Crippen MR) is 51.6 cm³/mol. The van der Waals surface area contributed by atoms with Crippen LogP contribution in [0.5, 0.6) is 0 Å². The van der Waals surface area contributed by atoms with Gasteiger partial charge < -0.3 is 9.29 Å². The molecule has 4 heteroatoms. The summed E-state index contributed by atoms with van der Waals surface area (Å²) in [6.45, 7) is 1.89. The molecule has 0 amide bonds. The van der Waals surface area contributed by atoms with Crippen LogP contribution in [0.2, 0.25) is 0 Å². The van der Waals surface area contributed by atoms with Crippen molar-refractivity contribution < 1.29 is 14.1 Å². The maximum absolute atomic E-state index is 10.1. The zero-order valence-electron chi connectivity index (χ0n) is 7.14. The van der Waals surface area contributed by atoms with Crippen LogP contribution in [0, 0.1) is 0 Å². The van der Waals surface area contributed by atoms with Crippen LogP contribution in [0.15, 0.2) is 30.3 Å². The van der Waals surface area contributed by atoms with Crippen molar-refractivity contribution in [3.05, 3.63) is 35.9 Å². The summed E-state index contributed by atoms with van der Waals surface area (Å²) in [5, 5.41) is 8.29. The molecule has 0 spiro atoms. The van der Waals surface area contributed by atoms with Crippen LogP contribution in [-0.4, -0.2) is 11.3 Å². The number of rotatable bonds is 3. The molecule has 70 valence electrons. The zero-order valence-corrected chi connectivity index (χ0v) is 7.95. The Morgan fingerprint density at radius 2 is 2.08 bits per heavy atom. The Morgan fingerprint density at radius 3 is 2.62 bits per heavy atom. The van der Waals surface area contributed by atoms with Gasteiger partial charge in [-0.25, -0.2) is 4.79 Å². The van der Waals surface area contributed by atoms with Crippen LogP contribution in [0.1, 0.15) is 17.7 Å². The van der Waals surface area contributed by atoms with E-state index in [1.807, 2.05) is 37.3 Å². The molecule has 1 aromatic carbocycles. The highest BCUT2D eigenvalue weighted by atomic mass is 32.2. The molecule has 0 aliphatic heterocycles. The lowest BCUT2D eigenvalue weighted by molar-refractivity contribution is 0.152. The van der Waals surface area contributed by atoms with E-state index in [-0.39, 0.29) is 5.25 Å². The summed E-state index contributed by atoms with van der Waals surface area (Å²) in [5.41, 5.74) is 1.05. The lowest BCUT2D eigenvalue weighted by atomic mass is 10.2. The lowest BCUT2D eigenvalue weighted by Gasteiger charge is -2.07. The third-order valence-electron chi connectivity index (χ3n) is 1.53. The average molecular weight is 198 g/mol. The van der Waals surface area contributed by atoms with Crippen LogP contribution in [0.3, 0.4) is 0 Å². The fourth-order valence-electron chi connectivity index (χ4n) is 0.893. The molecule has 1 aromatic rings. The van der Waals surface area contributed by atoms with Crippen molar-refractivity contribution in [2.75, 3.05) is 0 Å². The zero-order chi connectivity index (χ0) is 9.68. The largest absolute Gasteiger partial charge is 0.518 e. The maximum atomic E-state index is 10.1. The number of hydrogen-bond acceptors (Lipinski definition) is 3. The monoisotopic (exact) mass is 198 g/mol. The SMILES string of the molecule is CC(SOC(=O)O)c1ccccc1. The molecule has 0 fully saturated rings. The number of carboxylic acid groups (broad SMARTS) is 1. The van der Waals surface area contributed by atoms with E-state index in [1.165, 1.54) is 0 Å². The van der Waals surface area contributed by atoms with Crippen molar-refractivity contribution in [3.8, 4) is 0 Å². The Hall–Kier alpha value is -1.16. The average Bonchev–Trinajstić information content (AvgIpc) is 2.15. The van der Waals surface area contributed by atoms with Crippen LogP contribution in [0.4, 0.5) is 4.79 Å². The van der Waals surface area contributed by atoms with Crippen LogP contribution >= 0.6 is 12.0 Å². The van der Waals surface area contributed by atoms with Gasteiger partial charge in [0.2, 0.25) is 0 Å². The molecule has 1 rings (SSSR count). The van der Waals surface area contributed by atoms with E-state index in [2.05, 4.69) is 4.18 Å². The minimum Gasteiger partial charge on any atom is -0.449 e. The molecule has 0 aromatic heterocycles. The summed E-state index contributed by atoms with van der Waals surface area (Å²) >= 11 is 0.938. The van der Waals surface area contributed by atoms with E-state index >= 15 is 0 Å². The van der Waals surface area contributed by atoms with Gasteiger partial charge >= 0.3 is 6.16 Å². The van der Waals surface area contributed by atoms with Crippen molar-refractivity contribution in [1.29, 1.82) is 0 Å². The van der Waals surface area contributed by atoms with E-state index in [0.717, 1.165) is 17.6 Å². The first-order valence-electron chi connectivity index (χ1n) is 3.81. The Balaban J connectivity index is 2.49. The Bertz CT molecular complexity index is 273. The molecule has 0 radical (unpaired) electrons. The molecule has 0 aliphatic rings. The highest BCUT2D eigenvalue weighted by Crippen LogP contribution is 2.28. The maximum Gasteiger partial charge on any atom is 0.518 e. The van der Waals surface area contributed by atoms with Gasteiger partial charge in [-0.1, -0.05) is 30.3 Å². The third kappa shape index (κ3) is 3.38. The third-order valence-corrected chi connectivity index (χ3v) is 2.33. The molecule has 0 saturated carbocycles. The molecule has 0 aliphatic carbocycles. The molecular formula is C9H10O3S. The first-order valence-corrected chi connectivity index (χ1v) is 4.62. The van der Waals surface area contributed by atoms with E-state index in [1.54, 1.807) is 0 Å². The first-order chi connectivity index (χ1) is 6.20. The quantitative estimate of drug-likeness (QED) is 0.758. The minimum atomic E-state index is -1.26. The fourth-order valence-corrected chi connectivity index (χ4v) is 1.39. The van der Waals surface area contributed by atoms with Gasteiger partial charge in [-0.15, -0.1) is 0 Å². The first kappa shape index (κ1) is 9.92. The number of hydrogen-bond donors (Lipinski definition) is 1. The van der Waals surface area contributed by atoms with E-state index < -0.39 is 6.16 Å². The topological polar surface area (TPSA) is 46.5 Å². The number of benzene rings is 1. The molecule has 0 bridgehead atoms. The second-order valence-electron chi connectivity index (χ2n) is 2.50.